The van der Waals surface area contributed by atoms with Gasteiger partial charge in [-0.1, -0.05) is 31.2 Å². The van der Waals surface area contributed by atoms with E-state index in [0.717, 1.165) is 12.0 Å². The van der Waals surface area contributed by atoms with Gasteiger partial charge in [-0.3, -0.25) is 0 Å². The summed E-state index contributed by atoms with van der Waals surface area (Å²) in [6.07, 6.45) is 0.583. The van der Waals surface area contributed by atoms with Crippen molar-refractivity contribution in [2.75, 3.05) is 7.11 Å². The lowest BCUT2D eigenvalue weighted by Gasteiger charge is -2.12. The highest BCUT2D eigenvalue weighted by atomic mass is 16.5. The number of ether oxygens (including phenoxy) is 1. The van der Waals surface area contributed by atoms with Gasteiger partial charge in [0.15, 0.2) is 6.10 Å². The Morgan fingerprint density at radius 1 is 1.40 bits per heavy atom. The number of hydrogen-bond acceptors (Lipinski definition) is 2. The van der Waals surface area contributed by atoms with E-state index < -0.39 is 12.1 Å². The molecule has 0 aliphatic carbocycles. The summed E-state index contributed by atoms with van der Waals surface area (Å²) in [6.45, 7) is 2.06. The highest BCUT2D eigenvalue weighted by Crippen LogP contribution is 2.13. The van der Waals surface area contributed by atoms with Crippen LogP contribution < -0.4 is 0 Å². The summed E-state index contributed by atoms with van der Waals surface area (Å²) < 4.78 is 4.92. The molecule has 0 radical (unpaired) electrons. The van der Waals surface area contributed by atoms with Crippen molar-refractivity contribution >= 4 is 5.97 Å². The van der Waals surface area contributed by atoms with E-state index in [1.54, 1.807) is 0 Å². The van der Waals surface area contributed by atoms with Crippen LogP contribution in [-0.2, 0) is 22.4 Å². The molecule has 1 atom stereocenters. The van der Waals surface area contributed by atoms with E-state index in [4.69, 9.17) is 9.84 Å². The maximum Gasteiger partial charge on any atom is 0.333 e. The van der Waals surface area contributed by atoms with Gasteiger partial charge in [-0.15, -0.1) is 0 Å². The topological polar surface area (TPSA) is 46.5 Å². The molecule has 0 aromatic heterocycles. The van der Waals surface area contributed by atoms with Crippen LogP contribution in [0.5, 0.6) is 0 Å². The largest absolute Gasteiger partial charge is 0.479 e. The lowest BCUT2D eigenvalue weighted by atomic mass is 10.00. The van der Waals surface area contributed by atoms with Crippen molar-refractivity contribution in [2.45, 2.75) is 25.9 Å². The van der Waals surface area contributed by atoms with Crippen molar-refractivity contribution < 1.29 is 14.6 Å². The maximum absolute atomic E-state index is 10.8. The zero-order chi connectivity index (χ0) is 11.3. The number of hydrogen-bond donors (Lipinski definition) is 1. The Kier molecular flexibility index (Phi) is 4.31. The Balaban J connectivity index is 2.82. The van der Waals surface area contributed by atoms with Gasteiger partial charge >= 0.3 is 5.97 Å². The first-order valence-electron chi connectivity index (χ1n) is 5.01. The average molecular weight is 208 g/mol. The lowest BCUT2D eigenvalue weighted by molar-refractivity contribution is -0.148. The molecular weight excluding hydrogens is 192 g/mol. The zero-order valence-electron chi connectivity index (χ0n) is 9.06. The summed E-state index contributed by atoms with van der Waals surface area (Å²) in [7, 11) is 1.42. The second-order valence-electron chi connectivity index (χ2n) is 3.39. The van der Waals surface area contributed by atoms with Crippen LogP contribution in [0, 0.1) is 0 Å². The Bertz CT molecular complexity index is 333. The highest BCUT2D eigenvalue weighted by molar-refractivity contribution is 5.72. The Hall–Kier alpha value is -1.35. The average Bonchev–Trinajstić information content (AvgIpc) is 2.25. The van der Waals surface area contributed by atoms with Crippen LogP contribution in [0.3, 0.4) is 0 Å². The van der Waals surface area contributed by atoms with E-state index in [-0.39, 0.29) is 0 Å². The first-order valence-corrected chi connectivity index (χ1v) is 5.01. The number of carboxylic acids is 1. The first-order chi connectivity index (χ1) is 7.19. The molecule has 1 rings (SSSR count). The molecule has 0 aliphatic rings. The second-order valence-corrected chi connectivity index (χ2v) is 3.39. The van der Waals surface area contributed by atoms with Crippen molar-refractivity contribution in [3.05, 3.63) is 35.4 Å². The van der Waals surface area contributed by atoms with Gasteiger partial charge in [-0.05, 0) is 17.5 Å². The van der Waals surface area contributed by atoms with Gasteiger partial charge in [0.2, 0.25) is 0 Å². The number of carboxylic acid groups (broad SMARTS) is 1. The van der Waals surface area contributed by atoms with Crippen LogP contribution in [0.4, 0.5) is 0 Å². The highest BCUT2D eigenvalue weighted by Gasteiger charge is 2.17. The van der Waals surface area contributed by atoms with E-state index in [2.05, 4.69) is 6.92 Å². The normalized spacial score (nSPS) is 12.4. The minimum atomic E-state index is -0.914. The Morgan fingerprint density at radius 2 is 2.00 bits per heavy atom. The van der Waals surface area contributed by atoms with Gasteiger partial charge in [0.25, 0.3) is 0 Å². The molecule has 0 heterocycles. The summed E-state index contributed by atoms with van der Waals surface area (Å²) in [5.74, 6) is -0.914. The second kappa shape index (κ2) is 5.51. The fourth-order valence-corrected chi connectivity index (χ4v) is 1.57. The molecule has 0 aliphatic heterocycles. The third-order valence-electron chi connectivity index (χ3n) is 2.46. The summed E-state index contributed by atoms with van der Waals surface area (Å²) in [6, 6.07) is 7.85. The number of carbonyl (C=O) groups is 1. The zero-order valence-corrected chi connectivity index (χ0v) is 9.06. The van der Waals surface area contributed by atoms with Crippen molar-refractivity contribution in [3.63, 3.8) is 0 Å². The van der Waals surface area contributed by atoms with Gasteiger partial charge in [-0.2, -0.15) is 0 Å². The summed E-state index contributed by atoms with van der Waals surface area (Å²) >= 11 is 0. The molecule has 1 unspecified atom stereocenters. The Morgan fingerprint density at radius 3 is 2.47 bits per heavy atom. The molecule has 0 spiro atoms. The van der Waals surface area contributed by atoms with E-state index in [0.29, 0.717) is 6.42 Å². The standard InChI is InChI=1S/C12H16O3/c1-3-9-6-4-5-7-10(9)8-11(15-2)12(13)14/h4-7,11H,3,8H2,1-2H3,(H,13,14). The van der Waals surface area contributed by atoms with Gasteiger partial charge in [0, 0.05) is 13.5 Å². The van der Waals surface area contributed by atoms with Crippen molar-refractivity contribution in [2.24, 2.45) is 0 Å². The number of aryl methyl sites for hydroxylation is 1. The summed E-state index contributed by atoms with van der Waals surface area (Å²) in [4.78, 5) is 10.8. The van der Waals surface area contributed by atoms with Crippen molar-refractivity contribution in [3.8, 4) is 0 Å². The summed E-state index contributed by atoms with van der Waals surface area (Å²) in [5.41, 5.74) is 2.23. The van der Waals surface area contributed by atoms with Crippen molar-refractivity contribution in [1.82, 2.24) is 0 Å². The summed E-state index contributed by atoms with van der Waals surface area (Å²) in [5, 5.41) is 8.87. The monoisotopic (exact) mass is 208 g/mol. The molecule has 1 aromatic rings. The smallest absolute Gasteiger partial charge is 0.333 e. The number of rotatable bonds is 5. The van der Waals surface area contributed by atoms with Crippen LogP contribution in [-0.4, -0.2) is 24.3 Å². The maximum atomic E-state index is 10.8. The number of benzene rings is 1. The molecule has 0 fully saturated rings. The SMILES string of the molecule is CCc1ccccc1CC(OC)C(=O)O. The van der Waals surface area contributed by atoms with Crippen LogP contribution in [0.25, 0.3) is 0 Å². The molecule has 3 nitrogen and oxygen atoms in total. The molecule has 82 valence electrons. The van der Waals surface area contributed by atoms with Gasteiger partial charge in [0.05, 0.1) is 0 Å². The fraction of sp³-hybridized carbons (Fsp3) is 0.417. The van der Waals surface area contributed by atoms with E-state index in [1.165, 1.54) is 12.7 Å². The number of methoxy groups -OCH3 is 1. The van der Waals surface area contributed by atoms with Gasteiger partial charge < -0.3 is 9.84 Å². The van der Waals surface area contributed by atoms with Crippen LogP contribution in [0.1, 0.15) is 18.1 Å². The molecular formula is C12H16O3. The van der Waals surface area contributed by atoms with E-state index >= 15 is 0 Å². The molecule has 3 heteroatoms. The first kappa shape index (κ1) is 11.7. The predicted octanol–water partition coefficient (Wildman–Crippen LogP) is 1.89. The van der Waals surface area contributed by atoms with E-state index in [9.17, 15) is 4.79 Å². The van der Waals surface area contributed by atoms with Crippen LogP contribution in [0.15, 0.2) is 24.3 Å². The van der Waals surface area contributed by atoms with Crippen LogP contribution >= 0.6 is 0 Å². The number of aliphatic carboxylic acids is 1. The molecule has 0 bridgehead atoms. The third kappa shape index (κ3) is 3.06. The molecule has 0 amide bonds. The lowest BCUT2D eigenvalue weighted by Crippen LogP contribution is -2.25. The van der Waals surface area contributed by atoms with Crippen molar-refractivity contribution in [1.29, 1.82) is 0 Å². The fourth-order valence-electron chi connectivity index (χ4n) is 1.57. The third-order valence-corrected chi connectivity index (χ3v) is 2.46. The van der Waals surface area contributed by atoms with Gasteiger partial charge in [-0.25, -0.2) is 4.79 Å². The predicted molar refractivity (Wildman–Crippen MR) is 58.0 cm³/mol. The molecule has 15 heavy (non-hydrogen) atoms. The molecule has 1 aromatic carbocycles. The van der Waals surface area contributed by atoms with Gasteiger partial charge in [0.1, 0.15) is 0 Å². The van der Waals surface area contributed by atoms with Crippen LogP contribution in [0.2, 0.25) is 0 Å². The molecule has 0 saturated carbocycles. The minimum Gasteiger partial charge on any atom is -0.479 e. The minimum absolute atomic E-state index is 0.426. The molecule has 1 N–H and O–H groups in total. The quantitative estimate of drug-likeness (QED) is 0.803. The van der Waals surface area contributed by atoms with E-state index in [1.807, 2.05) is 24.3 Å². The Labute approximate surface area is 89.7 Å². The molecule has 0 saturated heterocycles.